The fourth-order valence-electron chi connectivity index (χ4n) is 4.51. The molecule has 1 saturated carbocycles. The predicted molar refractivity (Wildman–Crippen MR) is 107 cm³/mol. The van der Waals surface area contributed by atoms with Crippen LogP contribution in [0.1, 0.15) is 49.0 Å². The van der Waals surface area contributed by atoms with Crippen LogP contribution < -0.4 is 5.32 Å². The Balaban J connectivity index is 1.35. The second-order valence-corrected chi connectivity index (χ2v) is 8.33. The summed E-state index contributed by atoms with van der Waals surface area (Å²) in [6, 6.07) is 10.1. The van der Waals surface area contributed by atoms with Crippen LogP contribution in [0.2, 0.25) is 0 Å². The zero-order valence-electron chi connectivity index (χ0n) is 16.6. The van der Waals surface area contributed by atoms with Gasteiger partial charge in [0, 0.05) is 25.8 Å². The molecule has 0 spiro atoms. The summed E-state index contributed by atoms with van der Waals surface area (Å²) < 4.78 is 1.80. The minimum atomic E-state index is -0.410. The first kappa shape index (κ1) is 18.7. The first-order valence-corrected chi connectivity index (χ1v) is 10.2. The van der Waals surface area contributed by atoms with Gasteiger partial charge < -0.3 is 10.2 Å². The first-order chi connectivity index (χ1) is 13.5. The molecular formula is C22H28N4O2. The number of aromatic nitrogens is 2. The van der Waals surface area contributed by atoms with Crippen molar-refractivity contribution in [3.05, 3.63) is 53.9 Å². The third-order valence-corrected chi connectivity index (χ3v) is 5.99. The summed E-state index contributed by atoms with van der Waals surface area (Å²) in [5, 5.41) is 7.41. The standard InChI is InChI=1S/C22H28N4O2/c1-3-9-26-13-17(12-23-26)20(27)25-14-19(15-25)24-21(28)22(10-16(2)11-22)18-7-5-4-6-8-18/h4-8,12-13,16,19H,3,9-11,14-15H2,1-2H3,(H,24,28). The molecule has 1 aliphatic heterocycles. The van der Waals surface area contributed by atoms with Gasteiger partial charge in [-0.2, -0.15) is 5.10 Å². The molecule has 1 aliphatic carbocycles. The van der Waals surface area contributed by atoms with Gasteiger partial charge in [-0.25, -0.2) is 0 Å². The van der Waals surface area contributed by atoms with E-state index in [0.717, 1.165) is 31.4 Å². The zero-order valence-corrected chi connectivity index (χ0v) is 16.6. The maximum atomic E-state index is 13.1. The highest BCUT2D eigenvalue weighted by Gasteiger charge is 2.50. The molecule has 1 aromatic carbocycles. The average Bonchev–Trinajstić information content (AvgIpc) is 3.10. The minimum absolute atomic E-state index is 0.0112. The molecule has 4 rings (SSSR count). The highest BCUT2D eigenvalue weighted by atomic mass is 16.2. The van der Waals surface area contributed by atoms with Crippen LogP contribution >= 0.6 is 0 Å². The Morgan fingerprint density at radius 2 is 1.93 bits per heavy atom. The number of carbonyl (C=O) groups excluding carboxylic acids is 2. The van der Waals surface area contributed by atoms with Crippen LogP contribution in [0.4, 0.5) is 0 Å². The number of carbonyl (C=O) groups is 2. The molecule has 2 aromatic rings. The summed E-state index contributed by atoms with van der Waals surface area (Å²) in [4.78, 5) is 27.4. The number of hydrogen-bond acceptors (Lipinski definition) is 3. The monoisotopic (exact) mass is 380 g/mol. The van der Waals surface area contributed by atoms with Gasteiger partial charge in [-0.3, -0.25) is 14.3 Å². The summed E-state index contributed by atoms with van der Waals surface area (Å²) in [7, 11) is 0. The highest BCUT2D eigenvalue weighted by Crippen LogP contribution is 2.47. The topological polar surface area (TPSA) is 67.2 Å². The summed E-state index contributed by atoms with van der Waals surface area (Å²) in [5.74, 6) is 0.651. The molecule has 0 radical (unpaired) electrons. The van der Waals surface area contributed by atoms with Crippen LogP contribution in [0.5, 0.6) is 0 Å². The molecule has 0 unspecified atom stereocenters. The third-order valence-electron chi connectivity index (χ3n) is 5.99. The number of nitrogens with zero attached hydrogens (tertiary/aromatic N) is 3. The van der Waals surface area contributed by atoms with E-state index in [-0.39, 0.29) is 17.9 Å². The van der Waals surface area contributed by atoms with Crippen molar-refractivity contribution in [3.63, 3.8) is 0 Å². The Morgan fingerprint density at radius 1 is 1.21 bits per heavy atom. The highest BCUT2D eigenvalue weighted by molar-refractivity contribution is 5.95. The number of aryl methyl sites for hydroxylation is 1. The Morgan fingerprint density at radius 3 is 2.57 bits per heavy atom. The van der Waals surface area contributed by atoms with E-state index in [1.165, 1.54) is 0 Å². The molecule has 1 aromatic heterocycles. The smallest absolute Gasteiger partial charge is 0.257 e. The largest absolute Gasteiger partial charge is 0.349 e. The molecule has 1 saturated heterocycles. The van der Waals surface area contributed by atoms with Gasteiger partial charge in [0.1, 0.15) is 0 Å². The van der Waals surface area contributed by atoms with Gasteiger partial charge in [0.2, 0.25) is 5.91 Å². The summed E-state index contributed by atoms with van der Waals surface area (Å²) in [6.45, 7) is 6.20. The number of rotatable bonds is 6. The van der Waals surface area contributed by atoms with Crippen LogP contribution in [0.25, 0.3) is 0 Å². The molecule has 148 valence electrons. The van der Waals surface area contributed by atoms with E-state index in [9.17, 15) is 9.59 Å². The molecule has 1 N–H and O–H groups in total. The van der Waals surface area contributed by atoms with Crippen LogP contribution in [0.3, 0.4) is 0 Å². The predicted octanol–water partition coefficient (Wildman–Crippen LogP) is 2.60. The first-order valence-electron chi connectivity index (χ1n) is 10.2. The lowest BCUT2D eigenvalue weighted by atomic mass is 9.58. The summed E-state index contributed by atoms with van der Waals surface area (Å²) in [6.07, 6.45) is 6.18. The number of hydrogen-bond donors (Lipinski definition) is 1. The van der Waals surface area contributed by atoms with Gasteiger partial charge in [0.25, 0.3) is 5.91 Å². The van der Waals surface area contributed by atoms with Crippen molar-refractivity contribution < 1.29 is 9.59 Å². The second kappa shape index (κ2) is 7.41. The second-order valence-electron chi connectivity index (χ2n) is 8.33. The Bertz CT molecular complexity index is 848. The molecule has 2 aliphatic rings. The molecule has 0 bridgehead atoms. The van der Waals surface area contributed by atoms with Crippen molar-refractivity contribution in [2.75, 3.05) is 13.1 Å². The Kier molecular flexibility index (Phi) is 4.96. The molecule has 28 heavy (non-hydrogen) atoms. The van der Waals surface area contributed by atoms with Crippen LogP contribution in [-0.4, -0.2) is 45.6 Å². The number of benzene rings is 1. The van der Waals surface area contributed by atoms with Gasteiger partial charge in [-0.05, 0) is 30.7 Å². The maximum Gasteiger partial charge on any atom is 0.257 e. The van der Waals surface area contributed by atoms with Crippen molar-refractivity contribution in [1.29, 1.82) is 0 Å². The molecule has 2 heterocycles. The van der Waals surface area contributed by atoms with Crippen LogP contribution in [0, 0.1) is 5.92 Å². The van der Waals surface area contributed by atoms with Crippen molar-refractivity contribution in [2.45, 2.75) is 51.1 Å². The molecule has 6 heteroatoms. The van der Waals surface area contributed by atoms with Crippen molar-refractivity contribution in [2.24, 2.45) is 5.92 Å². The fraction of sp³-hybridized carbons (Fsp3) is 0.500. The lowest BCUT2D eigenvalue weighted by Gasteiger charge is -2.48. The Labute approximate surface area is 165 Å². The van der Waals surface area contributed by atoms with Crippen molar-refractivity contribution in [3.8, 4) is 0 Å². The molecular weight excluding hydrogens is 352 g/mol. The lowest BCUT2D eigenvalue weighted by Crippen LogP contribution is -2.64. The molecule has 2 amide bonds. The molecule has 0 atom stereocenters. The van der Waals surface area contributed by atoms with Gasteiger partial charge in [-0.1, -0.05) is 44.2 Å². The average molecular weight is 380 g/mol. The van der Waals surface area contributed by atoms with E-state index in [2.05, 4.69) is 36.4 Å². The van der Waals surface area contributed by atoms with Crippen LogP contribution in [0.15, 0.2) is 42.7 Å². The third kappa shape index (κ3) is 3.32. The van der Waals surface area contributed by atoms with E-state index < -0.39 is 5.41 Å². The van der Waals surface area contributed by atoms with E-state index in [1.54, 1.807) is 22.0 Å². The maximum absolute atomic E-state index is 13.1. The van der Waals surface area contributed by atoms with Gasteiger partial charge in [-0.15, -0.1) is 0 Å². The fourth-order valence-corrected chi connectivity index (χ4v) is 4.51. The van der Waals surface area contributed by atoms with Crippen molar-refractivity contribution >= 4 is 11.8 Å². The lowest BCUT2D eigenvalue weighted by molar-refractivity contribution is -0.133. The Hall–Kier alpha value is -2.63. The number of likely N-dealkylation sites (tertiary alicyclic amines) is 1. The summed E-state index contributed by atoms with van der Waals surface area (Å²) >= 11 is 0. The zero-order chi connectivity index (χ0) is 19.7. The number of nitrogens with one attached hydrogen (secondary N) is 1. The quantitative estimate of drug-likeness (QED) is 0.838. The van der Waals surface area contributed by atoms with Crippen LogP contribution in [-0.2, 0) is 16.8 Å². The van der Waals surface area contributed by atoms with Crippen molar-refractivity contribution in [1.82, 2.24) is 20.0 Å². The SMILES string of the molecule is CCCn1cc(C(=O)N2CC(NC(=O)C3(c4ccccc4)CC(C)C3)C2)cn1. The number of amides is 2. The van der Waals surface area contributed by atoms with Gasteiger partial charge >= 0.3 is 0 Å². The van der Waals surface area contributed by atoms with E-state index >= 15 is 0 Å². The minimum Gasteiger partial charge on any atom is -0.349 e. The van der Waals surface area contributed by atoms with Gasteiger partial charge in [0.15, 0.2) is 0 Å². The van der Waals surface area contributed by atoms with E-state index in [1.807, 2.05) is 18.2 Å². The van der Waals surface area contributed by atoms with Gasteiger partial charge in [0.05, 0.1) is 23.2 Å². The van der Waals surface area contributed by atoms with E-state index in [0.29, 0.717) is 24.6 Å². The normalized spacial score (nSPS) is 24.4. The van der Waals surface area contributed by atoms with E-state index in [4.69, 9.17) is 0 Å². The molecule has 2 fully saturated rings. The molecule has 6 nitrogen and oxygen atoms in total. The summed E-state index contributed by atoms with van der Waals surface area (Å²) in [5.41, 5.74) is 1.31.